The number of nitrogens with zero attached hydrogens (tertiary/aromatic N) is 2. The van der Waals surface area contributed by atoms with Crippen LogP contribution in [0.4, 0.5) is 0 Å². The first-order chi connectivity index (χ1) is 11.4. The van der Waals surface area contributed by atoms with Crippen LogP contribution < -0.4 is 11.0 Å². The quantitative estimate of drug-likeness (QED) is 0.655. The van der Waals surface area contributed by atoms with E-state index in [0.29, 0.717) is 12.4 Å². The summed E-state index contributed by atoms with van der Waals surface area (Å²) in [7, 11) is 0. The van der Waals surface area contributed by atoms with Crippen LogP contribution in [0.25, 0.3) is 0 Å². The molecule has 2 fully saturated rings. The molecule has 132 valence electrons. The Bertz CT molecular complexity index is 764. The number of rotatable bonds is 4. The van der Waals surface area contributed by atoms with Crippen molar-refractivity contribution < 1.29 is 4.74 Å². The summed E-state index contributed by atoms with van der Waals surface area (Å²) >= 11 is 0. The fourth-order valence-corrected chi connectivity index (χ4v) is 3.70. The number of ether oxygens (including phenoxy) is 1. The zero-order valence-corrected chi connectivity index (χ0v) is 14.9. The van der Waals surface area contributed by atoms with Gasteiger partial charge in [-0.2, -0.15) is 0 Å². The van der Waals surface area contributed by atoms with Gasteiger partial charge in [-0.05, 0) is 52.4 Å². The highest BCUT2D eigenvalue weighted by Gasteiger charge is 2.46. The monoisotopic (exact) mass is 332 g/mol. The standard InChI is InChI=1S/C18H28N4O2/c1-4-18(8-9-18)17(20)22-13(3)12(2)21(16(23)15(22)19)11-14-7-5-6-10-24-14/h14,19-20H,4-11H2,1-3H3. The molecule has 0 aromatic carbocycles. The fraction of sp³-hybridized carbons (Fsp3) is 0.722. The van der Waals surface area contributed by atoms with Crippen LogP contribution in [0.3, 0.4) is 0 Å². The van der Waals surface area contributed by atoms with Crippen LogP contribution in [-0.2, 0) is 11.3 Å². The minimum Gasteiger partial charge on any atom is -0.376 e. The summed E-state index contributed by atoms with van der Waals surface area (Å²) in [4.78, 5) is 12.8. The maximum absolute atomic E-state index is 12.8. The van der Waals surface area contributed by atoms with E-state index in [1.807, 2.05) is 13.8 Å². The Morgan fingerprint density at radius 2 is 2.00 bits per heavy atom. The highest BCUT2D eigenvalue weighted by atomic mass is 16.5. The van der Waals surface area contributed by atoms with Crippen LogP contribution in [0.2, 0.25) is 0 Å². The molecule has 1 aromatic rings. The Labute approximate surface area is 142 Å². The van der Waals surface area contributed by atoms with Crippen LogP contribution in [0, 0.1) is 30.1 Å². The predicted octanol–water partition coefficient (Wildman–Crippen LogP) is 2.33. The lowest BCUT2D eigenvalue weighted by Gasteiger charge is -2.26. The van der Waals surface area contributed by atoms with Crippen LogP contribution in [0.5, 0.6) is 0 Å². The molecule has 1 aliphatic carbocycles. The van der Waals surface area contributed by atoms with Gasteiger partial charge in [0.05, 0.1) is 12.6 Å². The van der Waals surface area contributed by atoms with E-state index in [-0.39, 0.29) is 22.6 Å². The van der Waals surface area contributed by atoms with Gasteiger partial charge in [0.25, 0.3) is 5.56 Å². The van der Waals surface area contributed by atoms with Gasteiger partial charge in [0, 0.05) is 23.4 Å². The minimum absolute atomic E-state index is 0.0506. The van der Waals surface area contributed by atoms with Crippen LogP contribution in [-0.4, -0.2) is 27.7 Å². The van der Waals surface area contributed by atoms with Gasteiger partial charge in [0.2, 0.25) is 0 Å². The van der Waals surface area contributed by atoms with Gasteiger partial charge in [-0.1, -0.05) is 6.92 Å². The molecule has 6 nitrogen and oxygen atoms in total. The van der Waals surface area contributed by atoms with Crippen LogP contribution in [0.15, 0.2) is 4.79 Å². The number of hydrogen-bond acceptors (Lipinski definition) is 4. The van der Waals surface area contributed by atoms with E-state index >= 15 is 0 Å². The summed E-state index contributed by atoms with van der Waals surface area (Å²) in [5.74, 6) is 0.411. The molecule has 1 aliphatic heterocycles. The van der Waals surface area contributed by atoms with Gasteiger partial charge >= 0.3 is 0 Å². The number of aromatic nitrogens is 2. The Morgan fingerprint density at radius 1 is 1.29 bits per heavy atom. The highest BCUT2D eigenvalue weighted by molar-refractivity contribution is 5.90. The minimum atomic E-state index is -0.316. The first kappa shape index (κ1) is 17.1. The molecule has 2 aliphatic rings. The second kappa shape index (κ2) is 6.31. The van der Waals surface area contributed by atoms with Gasteiger partial charge < -0.3 is 9.30 Å². The average Bonchev–Trinajstić information content (AvgIpc) is 3.39. The Morgan fingerprint density at radius 3 is 2.54 bits per heavy atom. The van der Waals surface area contributed by atoms with Crippen molar-refractivity contribution in [3.63, 3.8) is 0 Å². The molecular formula is C18H28N4O2. The molecule has 0 amide bonds. The normalized spacial score (nSPS) is 22.4. The van der Waals surface area contributed by atoms with Gasteiger partial charge in [0.1, 0.15) is 5.84 Å². The van der Waals surface area contributed by atoms with E-state index in [9.17, 15) is 4.79 Å². The maximum Gasteiger partial charge on any atom is 0.293 e. The molecule has 2 heterocycles. The van der Waals surface area contributed by atoms with Crippen molar-refractivity contribution in [3.05, 3.63) is 27.2 Å². The molecular weight excluding hydrogens is 304 g/mol. The molecule has 1 unspecified atom stereocenters. The maximum atomic E-state index is 12.8. The second-order valence-corrected chi connectivity index (χ2v) is 7.24. The van der Waals surface area contributed by atoms with Gasteiger partial charge in [-0.3, -0.25) is 20.2 Å². The SMILES string of the molecule is CCC1(C(=N)n2c(C)c(C)n(CC3CCCCO3)c(=O)c2=N)CC1. The molecule has 1 aromatic heterocycles. The molecule has 3 rings (SSSR count). The van der Waals surface area contributed by atoms with Gasteiger partial charge in [0.15, 0.2) is 5.49 Å². The lowest BCUT2D eigenvalue weighted by molar-refractivity contribution is 0.00491. The average molecular weight is 332 g/mol. The summed E-state index contributed by atoms with van der Waals surface area (Å²) < 4.78 is 8.99. The van der Waals surface area contributed by atoms with E-state index < -0.39 is 0 Å². The molecule has 1 saturated heterocycles. The van der Waals surface area contributed by atoms with E-state index in [1.54, 1.807) is 9.13 Å². The topological polar surface area (TPSA) is 83.9 Å². The summed E-state index contributed by atoms with van der Waals surface area (Å²) in [5, 5.41) is 16.9. The lowest BCUT2D eigenvalue weighted by Crippen LogP contribution is -2.49. The molecule has 0 bridgehead atoms. The highest BCUT2D eigenvalue weighted by Crippen LogP contribution is 2.49. The Kier molecular flexibility index (Phi) is 4.51. The van der Waals surface area contributed by atoms with Gasteiger partial charge in [-0.25, -0.2) is 0 Å². The zero-order valence-electron chi connectivity index (χ0n) is 14.9. The predicted molar refractivity (Wildman–Crippen MR) is 92.7 cm³/mol. The van der Waals surface area contributed by atoms with Crippen molar-refractivity contribution in [2.45, 2.75) is 71.9 Å². The first-order valence-electron chi connectivity index (χ1n) is 9.00. The van der Waals surface area contributed by atoms with Crippen LogP contribution in [0.1, 0.15) is 56.8 Å². The van der Waals surface area contributed by atoms with E-state index in [2.05, 4.69) is 6.92 Å². The summed E-state index contributed by atoms with van der Waals surface area (Å²) in [6, 6.07) is 0. The summed E-state index contributed by atoms with van der Waals surface area (Å²) in [5.41, 5.74) is 1.10. The van der Waals surface area contributed by atoms with Crippen molar-refractivity contribution in [2.75, 3.05) is 6.61 Å². The Hall–Kier alpha value is -1.69. The Balaban J connectivity index is 2.01. The van der Waals surface area contributed by atoms with Crippen molar-refractivity contribution in [1.82, 2.24) is 9.13 Å². The molecule has 2 N–H and O–H groups in total. The molecule has 0 spiro atoms. The van der Waals surface area contributed by atoms with Crippen molar-refractivity contribution in [2.24, 2.45) is 5.41 Å². The lowest BCUT2D eigenvalue weighted by atomic mass is 10.0. The fourth-order valence-electron chi connectivity index (χ4n) is 3.70. The largest absolute Gasteiger partial charge is 0.376 e. The molecule has 1 atom stereocenters. The van der Waals surface area contributed by atoms with E-state index in [1.165, 1.54) is 0 Å². The van der Waals surface area contributed by atoms with E-state index in [0.717, 1.165) is 56.5 Å². The summed E-state index contributed by atoms with van der Waals surface area (Å²) in [6.07, 6.45) is 6.06. The molecule has 0 radical (unpaired) electrons. The second-order valence-electron chi connectivity index (χ2n) is 7.24. The third-order valence-electron chi connectivity index (χ3n) is 5.85. The number of nitrogens with one attached hydrogen (secondary N) is 2. The molecule has 6 heteroatoms. The van der Waals surface area contributed by atoms with Crippen molar-refractivity contribution in [1.29, 1.82) is 10.8 Å². The molecule has 24 heavy (non-hydrogen) atoms. The van der Waals surface area contributed by atoms with Gasteiger partial charge in [-0.15, -0.1) is 0 Å². The van der Waals surface area contributed by atoms with Crippen molar-refractivity contribution in [3.8, 4) is 0 Å². The van der Waals surface area contributed by atoms with Crippen molar-refractivity contribution >= 4 is 5.84 Å². The zero-order chi connectivity index (χ0) is 17.5. The number of hydrogen-bond donors (Lipinski definition) is 2. The smallest absolute Gasteiger partial charge is 0.293 e. The third kappa shape index (κ3) is 2.77. The molecule has 1 saturated carbocycles. The van der Waals surface area contributed by atoms with E-state index in [4.69, 9.17) is 15.6 Å². The third-order valence-corrected chi connectivity index (χ3v) is 5.85. The summed E-state index contributed by atoms with van der Waals surface area (Å²) in [6.45, 7) is 7.15. The van der Waals surface area contributed by atoms with Crippen LogP contribution >= 0.6 is 0 Å². The first-order valence-corrected chi connectivity index (χ1v) is 9.00.